The van der Waals surface area contributed by atoms with Crippen molar-refractivity contribution in [3.05, 3.63) is 70.6 Å². The van der Waals surface area contributed by atoms with Gasteiger partial charge in [0.1, 0.15) is 6.33 Å². The van der Waals surface area contributed by atoms with Gasteiger partial charge in [-0.2, -0.15) is 5.10 Å². The Morgan fingerprint density at radius 3 is 2.91 bits per heavy atom. The van der Waals surface area contributed by atoms with Crippen molar-refractivity contribution < 1.29 is 13.6 Å². The summed E-state index contributed by atoms with van der Waals surface area (Å²) >= 11 is 0. The topological polar surface area (TPSA) is 63.9 Å². The fourth-order valence-corrected chi connectivity index (χ4v) is 4.54. The number of nitrogens with zero attached hydrogens (tertiary/aromatic N) is 5. The molecule has 1 saturated heterocycles. The molecule has 1 atom stereocenters. The van der Waals surface area contributed by atoms with Crippen LogP contribution < -0.4 is 0 Å². The molecule has 6 nitrogen and oxygen atoms in total. The molecule has 0 bridgehead atoms. The minimum Gasteiger partial charge on any atom is -0.338 e. The van der Waals surface area contributed by atoms with Crippen LogP contribution in [0.1, 0.15) is 40.3 Å². The van der Waals surface area contributed by atoms with Crippen molar-refractivity contribution >= 4 is 28.6 Å². The SMILES string of the molecule is Cc1ccc2cc(C(=O)N3CCC[C@H](C4=CC(C(F)F)=C=Cc5ncnn54)C3)c(C)nc2c1. The van der Waals surface area contributed by atoms with E-state index < -0.39 is 6.43 Å². The molecule has 0 N–H and O–H groups in total. The molecule has 33 heavy (non-hydrogen) atoms. The second-order valence-corrected chi connectivity index (χ2v) is 8.55. The van der Waals surface area contributed by atoms with Crippen LogP contribution in [-0.2, 0) is 0 Å². The van der Waals surface area contributed by atoms with E-state index in [0.29, 0.717) is 35.9 Å². The van der Waals surface area contributed by atoms with Crippen LogP contribution >= 0.6 is 0 Å². The average molecular weight is 447 g/mol. The van der Waals surface area contributed by atoms with Crippen molar-refractivity contribution in [1.82, 2.24) is 24.6 Å². The molecule has 0 spiro atoms. The van der Waals surface area contributed by atoms with Gasteiger partial charge in [0.05, 0.1) is 28.0 Å². The smallest absolute Gasteiger partial charge is 0.270 e. The number of halogens is 2. The molecular formula is C25H23F2N5O. The van der Waals surface area contributed by atoms with Gasteiger partial charge in [0.15, 0.2) is 5.82 Å². The number of aryl methyl sites for hydroxylation is 2. The number of amides is 1. The highest BCUT2D eigenvalue weighted by Crippen LogP contribution is 2.32. The first-order chi connectivity index (χ1) is 15.9. The number of allylic oxidation sites excluding steroid dienone is 2. The number of aromatic nitrogens is 4. The normalized spacial score (nSPS) is 18.2. The highest BCUT2D eigenvalue weighted by Gasteiger charge is 2.30. The predicted molar refractivity (Wildman–Crippen MR) is 122 cm³/mol. The van der Waals surface area contributed by atoms with E-state index in [2.05, 4.69) is 20.8 Å². The van der Waals surface area contributed by atoms with E-state index in [9.17, 15) is 13.6 Å². The number of piperidine rings is 1. The zero-order valence-electron chi connectivity index (χ0n) is 18.4. The standard InChI is InChI=1S/C25H23F2N5O/c1-15-5-6-17-11-20(16(2)30-21(17)10-15)25(33)31-9-3-4-19(13-31)22-12-18(24(26)27)7-8-23-28-14-29-32(22)23/h5-6,8,10-12,14,19,24H,3-4,9,13H2,1-2H3/t19-/m0/s1. The van der Waals surface area contributed by atoms with Crippen molar-refractivity contribution in [3.63, 3.8) is 0 Å². The lowest BCUT2D eigenvalue weighted by molar-refractivity contribution is 0.0696. The molecule has 0 aliphatic carbocycles. The van der Waals surface area contributed by atoms with Gasteiger partial charge in [-0.3, -0.25) is 9.78 Å². The number of benzene rings is 1. The van der Waals surface area contributed by atoms with Crippen LogP contribution in [0.5, 0.6) is 0 Å². The molecule has 0 saturated carbocycles. The Bertz CT molecular complexity index is 1350. The number of rotatable bonds is 3. The highest BCUT2D eigenvalue weighted by atomic mass is 19.3. The van der Waals surface area contributed by atoms with Crippen molar-refractivity contribution in [2.24, 2.45) is 5.92 Å². The Kier molecular flexibility index (Phi) is 5.38. The number of fused-ring (bicyclic) bond motifs is 2. The molecule has 168 valence electrons. The van der Waals surface area contributed by atoms with E-state index in [0.717, 1.165) is 29.3 Å². The highest BCUT2D eigenvalue weighted by molar-refractivity contribution is 5.98. The lowest BCUT2D eigenvalue weighted by atomic mass is 9.92. The second kappa shape index (κ2) is 8.37. The van der Waals surface area contributed by atoms with Crippen LogP contribution in [0.25, 0.3) is 22.7 Å². The molecule has 8 heteroatoms. The fraction of sp³-hybridized carbons (Fsp3) is 0.320. The molecule has 2 aliphatic heterocycles. The molecular weight excluding hydrogens is 424 g/mol. The molecule has 0 unspecified atom stereocenters. The van der Waals surface area contributed by atoms with Gasteiger partial charge in [-0.25, -0.2) is 18.4 Å². The first-order valence-electron chi connectivity index (χ1n) is 10.9. The van der Waals surface area contributed by atoms with Gasteiger partial charge in [0.2, 0.25) is 0 Å². The van der Waals surface area contributed by atoms with E-state index in [1.807, 2.05) is 38.1 Å². The summed E-state index contributed by atoms with van der Waals surface area (Å²) in [4.78, 5) is 24.1. The third-order valence-electron chi connectivity index (χ3n) is 6.25. The van der Waals surface area contributed by atoms with Gasteiger partial charge in [0.25, 0.3) is 12.3 Å². The molecule has 2 aromatic heterocycles. The zero-order chi connectivity index (χ0) is 23.1. The number of pyridine rings is 1. The predicted octanol–water partition coefficient (Wildman–Crippen LogP) is 4.65. The number of hydrogen-bond donors (Lipinski definition) is 0. The second-order valence-electron chi connectivity index (χ2n) is 8.55. The molecule has 1 amide bonds. The van der Waals surface area contributed by atoms with Crippen LogP contribution in [0.3, 0.4) is 0 Å². The first kappa shape index (κ1) is 21.2. The van der Waals surface area contributed by atoms with Gasteiger partial charge < -0.3 is 4.90 Å². The molecule has 5 rings (SSSR count). The number of alkyl halides is 2. The Morgan fingerprint density at radius 2 is 2.09 bits per heavy atom. The number of likely N-dealkylation sites (tertiary alicyclic amines) is 1. The number of carbonyl (C=O) groups is 1. The summed E-state index contributed by atoms with van der Waals surface area (Å²) in [6.45, 7) is 4.87. The first-order valence-corrected chi connectivity index (χ1v) is 10.9. The molecule has 0 radical (unpaired) electrons. The quantitative estimate of drug-likeness (QED) is 0.548. The van der Waals surface area contributed by atoms with Crippen molar-refractivity contribution in [1.29, 1.82) is 0 Å². The van der Waals surface area contributed by atoms with Crippen LogP contribution in [0, 0.1) is 19.8 Å². The maximum absolute atomic E-state index is 13.5. The van der Waals surface area contributed by atoms with Gasteiger partial charge in [0, 0.05) is 30.5 Å². The summed E-state index contributed by atoms with van der Waals surface area (Å²) in [5.41, 5.74) is 6.27. The van der Waals surface area contributed by atoms with Crippen LogP contribution in [0.2, 0.25) is 0 Å². The van der Waals surface area contributed by atoms with E-state index in [1.54, 1.807) is 9.58 Å². The van der Waals surface area contributed by atoms with E-state index in [1.165, 1.54) is 18.5 Å². The molecule has 2 aliphatic rings. The summed E-state index contributed by atoms with van der Waals surface area (Å²) in [5, 5.41) is 5.16. The largest absolute Gasteiger partial charge is 0.338 e. The third kappa shape index (κ3) is 3.98. The number of hydrogen-bond acceptors (Lipinski definition) is 4. The van der Waals surface area contributed by atoms with E-state index in [-0.39, 0.29) is 17.4 Å². The lowest BCUT2D eigenvalue weighted by Gasteiger charge is -2.34. The minimum absolute atomic E-state index is 0.0945. The molecule has 1 aromatic carbocycles. The van der Waals surface area contributed by atoms with Gasteiger partial charge in [-0.05, 0) is 50.5 Å². The monoisotopic (exact) mass is 447 g/mol. The van der Waals surface area contributed by atoms with E-state index in [4.69, 9.17) is 0 Å². The summed E-state index contributed by atoms with van der Waals surface area (Å²) in [7, 11) is 0. The average Bonchev–Trinajstić information content (AvgIpc) is 3.18. The maximum Gasteiger partial charge on any atom is 0.270 e. The summed E-state index contributed by atoms with van der Waals surface area (Å²) in [5.74, 6) is 0.203. The van der Waals surface area contributed by atoms with E-state index >= 15 is 0 Å². The van der Waals surface area contributed by atoms with Gasteiger partial charge in [-0.1, -0.05) is 12.1 Å². The summed E-state index contributed by atoms with van der Waals surface area (Å²) in [6, 6.07) is 7.87. The Morgan fingerprint density at radius 1 is 1.24 bits per heavy atom. The van der Waals surface area contributed by atoms with Crippen LogP contribution in [-0.4, -0.2) is 50.1 Å². The van der Waals surface area contributed by atoms with Crippen LogP contribution in [0.4, 0.5) is 8.78 Å². The lowest BCUT2D eigenvalue weighted by Crippen LogP contribution is -2.41. The van der Waals surface area contributed by atoms with Crippen LogP contribution in [0.15, 0.2) is 48.0 Å². The Labute approximate surface area is 189 Å². The van der Waals surface area contributed by atoms with Crippen molar-refractivity contribution in [2.45, 2.75) is 33.1 Å². The summed E-state index contributed by atoms with van der Waals surface area (Å²) < 4.78 is 28.6. The Hall–Kier alpha value is -3.64. The van der Waals surface area contributed by atoms with Crippen molar-refractivity contribution in [3.8, 4) is 0 Å². The third-order valence-corrected chi connectivity index (χ3v) is 6.25. The molecule has 4 heterocycles. The summed E-state index contributed by atoms with van der Waals surface area (Å²) in [6.07, 6.45) is 3.13. The van der Waals surface area contributed by atoms with Gasteiger partial charge >= 0.3 is 0 Å². The number of carbonyl (C=O) groups excluding carboxylic acids is 1. The zero-order valence-corrected chi connectivity index (χ0v) is 18.4. The van der Waals surface area contributed by atoms with Crippen molar-refractivity contribution in [2.75, 3.05) is 13.1 Å². The van der Waals surface area contributed by atoms with Gasteiger partial charge in [-0.15, -0.1) is 5.73 Å². The maximum atomic E-state index is 13.5. The minimum atomic E-state index is -2.66. The molecule has 3 aromatic rings. The fourth-order valence-electron chi connectivity index (χ4n) is 4.54. The Balaban J connectivity index is 1.46. The molecule has 1 fully saturated rings.